The van der Waals surface area contributed by atoms with Gasteiger partial charge in [0.2, 0.25) is 0 Å². The second-order valence-corrected chi connectivity index (χ2v) is 8.59. The molecule has 116 valence electrons. The zero-order chi connectivity index (χ0) is 14.8. The van der Waals surface area contributed by atoms with Crippen LogP contribution < -0.4 is 0 Å². The fourth-order valence-corrected chi connectivity index (χ4v) is 6.56. The highest BCUT2D eigenvalue weighted by Crippen LogP contribution is 2.62. The van der Waals surface area contributed by atoms with Gasteiger partial charge in [0.15, 0.2) is 5.78 Å². The molecule has 0 saturated heterocycles. The fourth-order valence-electron chi connectivity index (χ4n) is 6.56. The number of allylic oxidation sites excluding steroid dienone is 1. The zero-order valence-corrected chi connectivity index (χ0v) is 13.3. The lowest BCUT2D eigenvalue weighted by molar-refractivity contribution is -0.125. The third-order valence-corrected chi connectivity index (χ3v) is 7.51. The van der Waals surface area contributed by atoms with Gasteiger partial charge in [-0.05, 0) is 79.6 Å². The van der Waals surface area contributed by atoms with Crippen LogP contribution in [-0.4, -0.2) is 17.0 Å². The van der Waals surface area contributed by atoms with Crippen molar-refractivity contribution in [3.05, 3.63) is 11.6 Å². The number of hydrogen-bond donors (Lipinski definition) is 1. The Hall–Kier alpha value is -0.630. The third kappa shape index (κ3) is 1.98. The van der Waals surface area contributed by atoms with Gasteiger partial charge in [-0.3, -0.25) is 4.79 Å². The molecule has 0 aliphatic heterocycles. The smallest absolute Gasteiger partial charge is 0.184 e. The van der Waals surface area contributed by atoms with Crippen LogP contribution in [0.3, 0.4) is 0 Å². The van der Waals surface area contributed by atoms with E-state index < -0.39 is 6.10 Å². The van der Waals surface area contributed by atoms with E-state index in [9.17, 15) is 9.90 Å². The van der Waals surface area contributed by atoms with E-state index in [1.165, 1.54) is 37.7 Å². The van der Waals surface area contributed by atoms with Crippen molar-refractivity contribution < 1.29 is 9.90 Å². The maximum absolute atomic E-state index is 11.8. The Morgan fingerprint density at radius 2 is 2.10 bits per heavy atom. The van der Waals surface area contributed by atoms with Gasteiger partial charge in [-0.2, -0.15) is 0 Å². The largest absolute Gasteiger partial charge is 0.385 e. The normalized spacial score (nSPS) is 52.7. The maximum Gasteiger partial charge on any atom is 0.184 e. The van der Waals surface area contributed by atoms with E-state index in [4.69, 9.17) is 0 Å². The third-order valence-electron chi connectivity index (χ3n) is 7.51. The first-order valence-corrected chi connectivity index (χ1v) is 8.92. The van der Waals surface area contributed by atoms with Gasteiger partial charge in [-0.1, -0.05) is 25.8 Å². The van der Waals surface area contributed by atoms with Crippen molar-refractivity contribution in [2.75, 3.05) is 0 Å². The van der Waals surface area contributed by atoms with E-state index in [0.717, 1.165) is 24.2 Å². The van der Waals surface area contributed by atoms with E-state index in [1.807, 2.05) is 0 Å². The van der Waals surface area contributed by atoms with Crippen molar-refractivity contribution in [2.24, 2.45) is 35.0 Å². The van der Waals surface area contributed by atoms with Crippen LogP contribution in [0, 0.1) is 35.0 Å². The van der Waals surface area contributed by atoms with Crippen LogP contribution in [0.25, 0.3) is 0 Å². The molecule has 0 radical (unpaired) electrons. The molecule has 3 saturated carbocycles. The molecule has 0 aromatic heterocycles. The average molecular weight is 288 g/mol. The second kappa shape index (κ2) is 4.68. The zero-order valence-electron chi connectivity index (χ0n) is 13.3. The summed E-state index contributed by atoms with van der Waals surface area (Å²) in [7, 11) is 0. The van der Waals surface area contributed by atoms with E-state index in [-0.39, 0.29) is 5.78 Å². The number of carbonyl (C=O) groups excluding carboxylic acids is 1. The SMILES string of the molecule is C[C@@H]1CC2=CC(=O)C(O)C[C@@H]2[C@H]2CC[C@]3(C)CCC[C@H]3[C@@H]21. The summed E-state index contributed by atoms with van der Waals surface area (Å²) >= 11 is 0. The number of carbonyl (C=O) groups is 1. The van der Waals surface area contributed by atoms with Gasteiger partial charge >= 0.3 is 0 Å². The molecule has 0 aromatic carbocycles. The standard InChI is InChI=1S/C19H28O2/c1-11-8-12-9-16(20)17(21)10-14(12)13-5-7-19(2)6-3-4-15(19)18(11)13/h9,11,13-15,17-18,21H,3-8,10H2,1-2H3/t11-,13-,14+,15+,17?,18-,19+/m1/s1. The molecule has 4 aliphatic carbocycles. The highest BCUT2D eigenvalue weighted by Gasteiger charge is 2.54. The van der Waals surface area contributed by atoms with Gasteiger partial charge < -0.3 is 5.11 Å². The Bertz CT molecular complexity index is 494. The minimum Gasteiger partial charge on any atom is -0.385 e. The molecule has 0 spiro atoms. The maximum atomic E-state index is 11.8. The fraction of sp³-hybridized carbons (Fsp3) is 0.842. The number of aliphatic hydroxyl groups is 1. The molecule has 2 heteroatoms. The van der Waals surface area contributed by atoms with Crippen LogP contribution in [0.1, 0.15) is 58.8 Å². The predicted molar refractivity (Wildman–Crippen MR) is 82.6 cm³/mol. The number of fused-ring (bicyclic) bond motifs is 5. The molecule has 7 atom stereocenters. The van der Waals surface area contributed by atoms with Gasteiger partial charge in [0.25, 0.3) is 0 Å². The van der Waals surface area contributed by atoms with Gasteiger partial charge in [0, 0.05) is 0 Å². The minimum absolute atomic E-state index is 0.0478. The first kappa shape index (κ1) is 14.0. The molecule has 21 heavy (non-hydrogen) atoms. The van der Waals surface area contributed by atoms with Crippen LogP contribution in [0.5, 0.6) is 0 Å². The summed E-state index contributed by atoms with van der Waals surface area (Å²) in [5.41, 5.74) is 1.94. The van der Waals surface area contributed by atoms with Crippen LogP contribution in [0.4, 0.5) is 0 Å². The molecule has 1 unspecified atom stereocenters. The van der Waals surface area contributed by atoms with Crippen LogP contribution in [0.15, 0.2) is 11.6 Å². The highest BCUT2D eigenvalue weighted by molar-refractivity contribution is 5.95. The summed E-state index contributed by atoms with van der Waals surface area (Å²) in [5.74, 6) is 3.59. The van der Waals surface area contributed by atoms with Crippen molar-refractivity contribution in [3.8, 4) is 0 Å². The van der Waals surface area contributed by atoms with E-state index in [0.29, 0.717) is 23.7 Å². The monoisotopic (exact) mass is 288 g/mol. The topological polar surface area (TPSA) is 37.3 Å². The van der Waals surface area contributed by atoms with Crippen LogP contribution in [-0.2, 0) is 4.79 Å². The minimum atomic E-state index is -0.732. The molecule has 4 aliphatic rings. The summed E-state index contributed by atoms with van der Waals surface area (Å²) in [5, 5.41) is 10.0. The molecule has 0 amide bonds. The van der Waals surface area contributed by atoms with E-state index >= 15 is 0 Å². The van der Waals surface area contributed by atoms with Crippen molar-refractivity contribution in [1.29, 1.82) is 0 Å². The Kier molecular flexibility index (Phi) is 3.12. The van der Waals surface area contributed by atoms with E-state index in [2.05, 4.69) is 13.8 Å². The number of hydrogen-bond acceptors (Lipinski definition) is 2. The van der Waals surface area contributed by atoms with Crippen molar-refractivity contribution in [3.63, 3.8) is 0 Å². The lowest BCUT2D eigenvalue weighted by Crippen LogP contribution is -2.49. The molecular formula is C19H28O2. The van der Waals surface area contributed by atoms with Crippen molar-refractivity contribution >= 4 is 5.78 Å². The van der Waals surface area contributed by atoms with Gasteiger partial charge in [0.05, 0.1) is 0 Å². The first-order valence-electron chi connectivity index (χ1n) is 8.92. The average Bonchev–Trinajstić information content (AvgIpc) is 2.82. The molecular weight excluding hydrogens is 260 g/mol. The summed E-state index contributed by atoms with van der Waals surface area (Å²) in [6.07, 6.45) is 9.77. The highest BCUT2D eigenvalue weighted by atomic mass is 16.3. The first-order chi connectivity index (χ1) is 9.99. The molecule has 2 nitrogen and oxygen atoms in total. The number of aliphatic hydroxyl groups excluding tert-OH is 1. The predicted octanol–water partition coefficient (Wildman–Crippen LogP) is 3.74. The summed E-state index contributed by atoms with van der Waals surface area (Å²) in [6.45, 7) is 4.94. The van der Waals surface area contributed by atoms with Gasteiger partial charge in [-0.25, -0.2) is 0 Å². The number of rotatable bonds is 0. The lowest BCUT2D eigenvalue weighted by atomic mass is 9.50. The molecule has 1 N–H and O–H groups in total. The Morgan fingerprint density at radius 3 is 2.90 bits per heavy atom. The summed E-state index contributed by atoms with van der Waals surface area (Å²) < 4.78 is 0. The molecule has 0 heterocycles. The molecule has 0 aromatic rings. The molecule has 0 bridgehead atoms. The lowest BCUT2D eigenvalue weighted by Gasteiger charge is -2.55. The van der Waals surface area contributed by atoms with Crippen LogP contribution >= 0.6 is 0 Å². The second-order valence-electron chi connectivity index (χ2n) is 8.59. The summed E-state index contributed by atoms with van der Waals surface area (Å²) in [6, 6.07) is 0. The Balaban J connectivity index is 1.68. The molecule has 4 rings (SSSR count). The van der Waals surface area contributed by atoms with Crippen molar-refractivity contribution in [2.45, 2.75) is 64.9 Å². The number of ketones is 1. The van der Waals surface area contributed by atoms with Gasteiger partial charge in [-0.15, -0.1) is 0 Å². The summed E-state index contributed by atoms with van der Waals surface area (Å²) in [4.78, 5) is 11.8. The molecule has 3 fully saturated rings. The van der Waals surface area contributed by atoms with Crippen molar-refractivity contribution in [1.82, 2.24) is 0 Å². The Labute approximate surface area is 128 Å². The Morgan fingerprint density at radius 1 is 1.29 bits per heavy atom. The van der Waals surface area contributed by atoms with Gasteiger partial charge in [0.1, 0.15) is 6.10 Å². The quantitative estimate of drug-likeness (QED) is 0.737. The van der Waals surface area contributed by atoms with Crippen LogP contribution in [0.2, 0.25) is 0 Å². The van der Waals surface area contributed by atoms with E-state index in [1.54, 1.807) is 6.08 Å².